The van der Waals surface area contributed by atoms with Gasteiger partial charge in [0, 0.05) is 7.11 Å². The number of ether oxygens (including phenoxy) is 1. The number of hydrogen-bond donors (Lipinski definition) is 0. The molecular weight excluding hydrogens is 144 g/mol. The molecule has 1 atom stereocenters. The van der Waals surface area contributed by atoms with Crippen LogP contribution in [0.15, 0.2) is 0 Å². The molecule has 0 saturated carbocycles. The first-order valence-electron chi connectivity index (χ1n) is 1.77. The van der Waals surface area contributed by atoms with Gasteiger partial charge in [0.2, 0.25) is 0 Å². The number of methoxy groups -OCH3 is 1. The minimum absolute atomic E-state index is 0.137. The summed E-state index contributed by atoms with van der Waals surface area (Å²) in [5, 5.41) is 0.137. The lowest BCUT2D eigenvalue weighted by molar-refractivity contribution is 0.180. The van der Waals surface area contributed by atoms with E-state index in [-0.39, 0.29) is 5.01 Å². The summed E-state index contributed by atoms with van der Waals surface area (Å²) in [5.41, 5.74) is 0. The van der Waals surface area contributed by atoms with Gasteiger partial charge in [0.25, 0.3) is 0 Å². The van der Waals surface area contributed by atoms with E-state index in [2.05, 4.69) is 22.9 Å². The molecule has 0 bridgehead atoms. The smallest absolute Gasteiger partial charge is 0.112 e. The Bertz CT molecular complexity index is 26.7. The van der Waals surface area contributed by atoms with Crippen molar-refractivity contribution in [1.29, 1.82) is 0 Å². The lowest BCUT2D eigenvalue weighted by Gasteiger charge is -1.99. The monoisotopic (exact) mass is 151 g/mol. The largest absolute Gasteiger partial charge is 0.370 e. The van der Waals surface area contributed by atoms with Crippen LogP contribution in [0.1, 0.15) is 6.42 Å². The molecule has 37 valence electrons. The Balaban J connectivity index is 2.75. The van der Waals surface area contributed by atoms with E-state index in [0.717, 1.165) is 6.42 Å². The van der Waals surface area contributed by atoms with Crippen molar-refractivity contribution in [3.63, 3.8) is 0 Å². The zero-order valence-corrected chi connectivity index (χ0v) is 5.36. The summed E-state index contributed by atoms with van der Waals surface area (Å²) in [5.74, 6) is 0. The van der Waals surface area contributed by atoms with E-state index in [0.29, 0.717) is 0 Å². The van der Waals surface area contributed by atoms with E-state index in [4.69, 9.17) is 4.74 Å². The molecule has 0 rings (SSSR count). The molecule has 0 fully saturated rings. The second-order valence-corrected chi connectivity index (χ2v) is 1.96. The van der Waals surface area contributed by atoms with Crippen LogP contribution >= 0.6 is 15.9 Å². The second-order valence-electron chi connectivity index (χ2n) is 0.934. The maximum atomic E-state index is 4.75. The summed E-state index contributed by atoms with van der Waals surface area (Å²) in [7, 11) is 1.64. The molecule has 0 N–H and O–H groups in total. The predicted octanol–water partition coefficient (Wildman–Crippen LogP) is 1.58. The number of rotatable bonds is 2. The Labute approximate surface area is 46.8 Å². The molecule has 1 unspecified atom stereocenters. The molecule has 6 heavy (non-hydrogen) atoms. The van der Waals surface area contributed by atoms with Gasteiger partial charge in [-0.2, -0.15) is 0 Å². The van der Waals surface area contributed by atoms with Gasteiger partial charge < -0.3 is 4.74 Å². The minimum Gasteiger partial charge on any atom is -0.370 e. The summed E-state index contributed by atoms with van der Waals surface area (Å²) >= 11 is 3.19. The average molecular weight is 152 g/mol. The van der Waals surface area contributed by atoms with Gasteiger partial charge in [0.05, 0.1) is 0 Å². The van der Waals surface area contributed by atoms with Crippen LogP contribution in [0.3, 0.4) is 0 Å². The zero-order valence-electron chi connectivity index (χ0n) is 3.78. The third kappa shape index (κ3) is 2.67. The van der Waals surface area contributed by atoms with Crippen molar-refractivity contribution in [2.24, 2.45) is 0 Å². The highest BCUT2D eigenvalue weighted by molar-refractivity contribution is 9.09. The van der Waals surface area contributed by atoms with Crippen molar-refractivity contribution >= 4 is 15.9 Å². The Hall–Kier alpha value is 0.440. The molecule has 0 saturated heterocycles. The molecule has 0 aliphatic carbocycles. The molecule has 0 spiro atoms. The van der Waals surface area contributed by atoms with Crippen LogP contribution in [0.25, 0.3) is 0 Å². The van der Waals surface area contributed by atoms with E-state index in [1.54, 1.807) is 7.11 Å². The first-order valence-corrected chi connectivity index (χ1v) is 2.69. The third-order valence-electron chi connectivity index (χ3n) is 0.483. The van der Waals surface area contributed by atoms with Crippen molar-refractivity contribution in [2.75, 3.05) is 7.11 Å². The number of alkyl halides is 1. The molecule has 0 amide bonds. The van der Waals surface area contributed by atoms with Crippen LogP contribution < -0.4 is 0 Å². The molecule has 0 aromatic carbocycles. The Morgan fingerprint density at radius 2 is 2.50 bits per heavy atom. The van der Waals surface area contributed by atoms with Crippen LogP contribution in [0.4, 0.5) is 0 Å². The van der Waals surface area contributed by atoms with Crippen molar-refractivity contribution in [3.8, 4) is 0 Å². The van der Waals surface area contributed by atoms with Crippen LogP contribution in [-0.2, 0) is 4.74 Å². The summed E-state index contributed by atoms with van der Waals surface area (Å²) in [4.78, 5) is 0. The van der Waals surface area contributed by atoms with Gasteiger partial charge in [-0.1, -0.05) is 15.9 Å². The van der Waals surface area contributed by atoms with Gasteiger partial charge in [-0.3, -0.25) is 0 Å². The molecule has 0 aliphatic rings. The van der Waals surface area contributed by atoms with E-state index < -0.39 is 0 Å². The van der Waals surface area contributed by atoms with Gasteiger partial charge >= 0.3 is 0 Å². The van der Waals surface area contributed by atoms with Crippen molar-refractivity contribution < 1.29 is 4.74 Å². The van der Waals surface area contributed by atoms with E-state index in [9.17, 15) is 0 Å². The predicted molar refractivity (Wildman–Crippen MR) is 29.7 cm³/mol. The molecule has 2 heteroatoms. The van der Waals surface area contributed by atoms with Gasteiger partial charge in [-0.25, -0.2) is 0 Å². The van der Waals surface area contributed by atoms with Crippen molar-refractivity contribution in [3.05, 3.63) is 6.92 Å². The van der Waals surface area contributed by atoms with Crippen LogP contribution in [0.5, 0.6) is 0 Å². The second kappa shape index (κ2) is 3.62. The molecule has 0 aromatic heterocycles. The third-order valence-corrected chi connectivity index (χ3v) is 1.31. The first-order chi connectivity index (χ1) is 2.81. The normalized spacial score (nSPS) is 14.5. The van der Waals surface area contributed by atoms with Crippen molar-refractivity contribution in [1.82, 2.24) is 0 Å². The molecule has 1 radical (unpaired) electrons. The zero-order chi connectivity index (χ0) is 4.99. The standard InChI is InChI=1S/C4H8BrO/c1-3-4(5)6-2/h4H,1,3H2,2H3. The molecule has 0 aromatic rings. The highest BCUT2D eigenvalue weighted by Gasteiger charge is 1.91. The number of hydrogen-bond acceptors (Lipinski definition) is 1. The fourth-order valence-corrected chi connectivity index (χ4v) is 0.118. The van der Waals surface area contributed by atoms with Crippen LogP contribution in [0, 0.1) is 6.92 Å². The van der Waals surface area contributed by atoms with E-state index in [1.165, 1.54) is 0 Å². The minimum atomic E-state index is 0.137. The van der Waals surface area contributed by atoms with Crippen LogP contribution in [0.2, 0.25) is 0 Å². The maximum absolute atomic E-state index is 4.75. The summed E-state index contributed by atoms with van der Waals surface area (Å²) < 4.78 is 4.75. The highest BCUT2D eigenvalue weighted by Crippen LogP contribution is 2.01. The molecule has 1 nitrogen and oxygen atoms in total. The first kappa shape index (κ1) is 6.44. The SMILES string of the molecule is [CH2]CC(Br)OC. The summed E-state index contributed by atoms with van der Waals surface area (Å²) in [6, 6.07) is 0. The van der Waals surface area contributed by atoms with Gasteiger partial charge in [-0.05, 0) is 13.3 Å². The lowest BCUT2D eigenvalue weighted by Crippen LogP contribution is -1.95. The molecule has 0 aliphatic heterocycles. The van der Waals surface area contributed by atoms with E-state index in [1.807, 2.05) is 0 Å². The van der Waals surface area contributed by atoms with Gasteiger partial charge in [-0.15, -0.1) is 0 Å². The fraction of sp³-hybridized carbons (Fsp3) is 0.750. The molecule has 0 heterocycles. The van der Waals surface area contributed by atoms with E-state index >= 15 is 0 Å². The maximum Gasteiger partial charge on any atom is 0.112 e. The Morgan fingerprint density at radius 1 is 2.00 bits per heavy atom. The van der Waals surface area contributed by atoms with Crippen LogP contribution in [-0.4, -0.2) is 12.1 Å². The average Bonchev–Trinajstić information content (AvgIpc) is 1.65. The van der Waals surface area contributed by atoms with Gasteiger partial charge in [0.1, 0.15) is 5.01 Å². The topological polar surface area (TPSA) is 9.23 Å². The quantitative estimate of drug-likeness (QED) is 0.545. The number of halogens is 1. The lowest BCUT2D eigenvalue weighted by atomic mass is 10.5. The summed E-state index contributed by atoms with van der Waals surface area (Å²) in [6.45, 7) is 3.58. The van der Waals surface area contributed by atoms with Gasteiger partial charge in [0.15, 0.2) is 0 Å². The fourth-order valence-electron chi connectivity index (χ4n) is 0.118. The summed E-state index contributed by atoms with van der Waals surface area (Å²) in [6.07, 6.45) is 0.774. The Kier molecular flexibility index (Phi) is 3.89. The van der Waals surface area contributed by atoms with Crippen molar-refractivity contribution in [2.45, 2.75) is 11.4 Å². The highest BCUT2D eigenvalue weighted by atomic mass is 79.9. The Morgan fingerprint density at radius 3 is 2.50 bits per heavy atom. The molecular formula is C4H8BrO.